The Morgan fingerprint density at radius 2 is 1.97 bits per heavy atom. The number of carbonyl (C=O) groups is 1. The molecule has 0 aliphatic carbocycles. The molecule has 4 aromatic rings. The summed E-state index contributed by atoms with van der Waals surface area (Å²) in [5, 5.41) is 11.0. The lowest BCUT2D eigenvalue weighted by Crippen LogP contribution is -2.47. The molecule has 1 saturated heterocycles. The van der Waals surface area contributed by atoms with Gasteiger partial charge in [0.15, 0.2) is 5.82 Å². The van der Waals surface area contributed by atoms with E-state index in [1.54, 1.807) is 20.9 Å². The second kappa shape index (κ2) is 8.64. The molecule has 0 spiro atoms. The van der Waals surface area contributed by atoms with Crippen molar-refractivity contribution < 1.29 is 9.53 Å². The Balaban J connectivity index is 1.39. The summed E-state index contributed by atoms with van der Waals surface area (Å²) in [6.45, 7) is 5.73. The van der Waals surface area contributed by atoms with E-state index in [0.717, 1.165) is 22.2 Å². The minimum absolute atomic E-state index is 0.166. The van der Waals surface area contributed by atoms with E-state index in [4.69, 9.17) is 4.74 Å². The topological polar surface area (TPSA) is 91.0 Å². The maximum atomic E-state index is 13.3. The Bertz CT molecular complexity index is 1220. The number of para-hydroxylation sites is 1. The standard InChI is InChI=1S/C22H23N7O2S/c1-15-23-16(2)28(25-15)14-18-13-27(10-11-31-18)22(30)20-24-21(19-9-6-12-32-19)29(26-20)17-7-4-3-5-8-17/h3-9,12,18H,10-11,13-14H2,1-2H3/t18-/m0/s1. The van der Waals surface area contributed by atoms with Crippen molar-refractivity contribution in [2.45, 2.75) is 26.5 Å². The van der Waals surface area contributed by atoms with Crippen LogP contribution in [0.2, 0.25) is 0 Å². The van der Waals surface area contributed by atoms with Gasteiger partial charge >= 0.3 is 0 Å². The number of thiophene rings is 1. The molecule has 1 aliphatic rings. The summed E-state index contributed by atoms with van der Waals surface area (Å²) in [7, 11) is 0. The van der Waals surface area contributed by atoms with Crippen molar-refractivity contribution in [3.05, 3.63) is 65.3 Å². The van der Waals surface area contributed by atoms with Crippen molar-refractivity contribution >= 4 is 17.2 Å². The largest absolute Gasteiger partial charge is 0.373 e. The van der Waals surface area contributed by atoms with Gasteiger partial charge in [0.2, 0.25) is 5.82 Å². The number of benzene rings is 1. The minimum atomic E-state index is -0.197. The molecule has 0 saturated carbocycles. The SMILES string of the molecule is Cc1nc(C)n(C[C@@H]2CN(C(=O)c3nc(-c4cccs4)n(-c4ccccc4)n3)CCO2)n1. The predicted molar refractivity (Wildman–Crippen MR) is 120 cm³/mol. The maximum absolute atomic E-state index is 13.3. The number of amides is 1. The summed E-state index contributed by atoms with van der Waals surface area (Å²) in [5.41, 5.74) is 0.860. The number of hydrogen-bond acceptors (Lipinski definition) is 7. The average Bonchev–Trinajstić information content (AvgIpc) is 3.54. The fourth-order valence-electron chi connectivity index (χ4n) is 3.80. The fourth-order valence-corrected chi connectivity index (χ4v) is 4.50. The summed E-state index contributed by atoms with van der Waals surface area (Å²) in [6, 6.07) is 13.7. The van der Waals surface area contributed by atoms with E-state index in [9.17, 15) is 4.79 Å². The van der Waals surface area contributed by atoms with E-state index < -0.39 is 0 Å². The van der Waals surface area contributed by atoms with Gasteiger partial charge in [-0.15, -0.1) is 16.4 Å². The van der Waals surface area contributed by atoms with Gasteiger partial charge in [0.1, 0.15) is 11.6 Å². The van der Waals surface area contributed by atoms with E-state index in [1.807, 2.05) is 66.4 Å². The zero-order chi connectivity index (χ0) is 22.1. The van der Waals surface area contributed by atoms with Crippen LogP contribution in [0.15, 0.2) is 47.8 Å². The van der Waals surface area contributed by atoms with Crippen LogP contribution in [0.3, 0.4) is 0 Å². The van der Waals surface area contributed by atoms with Crippen molar-refractivity contribution in [1.29, 1.82) is 0 Å². The van der Waals surface area contributed by atoms with Crippen molar-refractivity contribution in [3.63, 3.8) is 0 Å². The quantitative estimate of drug-likeness (QED) is 0.465. The Morgan fingerprint density at radius 3 is 2.69 bits per heavy atom. The minimum Gasteiger partial charge on any atom is -0.373 e. The molecule has 4 heterocycles. The first-order valence-corrected chi connectivity index (χ1v) is 11.3. The lowest BCUT2D eigenvalue weighted by atomic mass is 10.2. The smallest absolute Gasteiger partial charge is 0.293 e. The van der Waals surface area contributed by atoms with Crippen LogP contribution in [0.4, 0.5) is 0 Å². The highest BCUT2D eigenvalue weighted by atomic mass is 32.1. The van der Waals surface area contributed by atoms with Crippen molar-refractivity contribution in [2.24, 2.45) is 0 Å². The number of ether oxygens (including phenoxy) is 1. The van der Waals surface area contributed by atoms with Gasteiger partial charge in [-0.05, 0) is 37.4 Å². The Morgan fingerprint density at radius 1 is 1.12 bits per heavy atom. The molecular formula is C22H23N7O2S. The summed E-state index contributed by atoms with van der Waals surface area (Å²) >= 11 is 1.57. The van der Waals surface area contributed by atoms with E-state index in [0.29, 0.717) is 32.1 Å². The van der Waals surface area contributed by atoms with Crippen LogP contribution in [0.1, 0.15) is 22.3 Å². The third-order valence-corrected chi connectivity index (χ3v) is 6.17. The summed E-state index contributed by atoms with van der Waals surface area (Å²) in [5.74, 6) is 2.21. The highest BCUT2D eigenvalue weighted by Crippen LogP contribution is 2.26. The summed E-state index contributed by atoms with van der Waals surface area (Å²) < 4.78 is 9.45. The average molecular weight is 450 g/mol. The molecule has 5 rings (SSSR count). The van der Waals surface area contributed by atoms with Crippen LogP contribution in [0.25, 0.3) is 16.4 Å². The third kappa shape index (κ3) is 4.06. The second-order valence-corrected chi connectivity index (χ2v) is 8.56. The molecule has 9 nitrogen and oxygen atoms in total. The van der Waals surface area contributed by atoms with Gasteiger partial charge in [0, 0.05) is 13.1 Å². The number of aromatic nitrogens is 6. The Labute approximate surface area is 189 Å². The summed E-state index contributed by atoms with van der Waals surface area (Å²) in [4.78, 5) is 25.0. The molecule has 10 heteroatoms. The number of aryl methyl sites for hydroxylation is 2. The van der Waals surface area contributed by atoms with Crippen molar-refractivity contribution in [2.75, 3.05) is 19.7 Å². The van der Waals surface area contributed by atoms with E-state index in [-0.39, 0.29) is 17.8 Å². The van der Waals surface area contributed by atoms with Crippen LogP contribution in [-0.4, -0.2) is 66.1 Å². The zero-order valence-corrected chi connectivity index (χ0v) is 18.7. The number of hydrogen-bond donors (Lipinski definition) is 0. The third-order valence-electron chi connectivity index (χ3n) is 5.31. The molecule has 1 fully saturated rings. The van der Waals surface area contributed by atoms with Crippen LogP contribution in [0, 0.1) is 13.8 Å². The van der Waals surface area contributed by atoms with Gasteiger partial charge in [-0.3, -0.25) is 4.79 Å². The summed E-state index contributed by atoms with van der Waals surface area (Å²) in [6.07, 6.45) is -0.166. The first-order valence-electron chi connectivity index (χ1n) is 10.4. The van der Waals surface area contributed by atoms with Crippen LogP contribution >= 0.6 is 11.3 Å². The molecule has 1 aliphatic heterocycles. The molecule has 164 valence electrons. The van der Waals surface area contributed by atoms with Gasteiger partial charge < -0.3 is 9.64 Å². The molecule has 1 atom stereocenters. The monoisotopic (exact) mass is 449 g/mol. The Hall–Kier alpha value is -3.37. The predicted octanol–water partition coefficient (Wildman–Crippen LogP) is 2.75. The highest BCUT2D eigenvalue weighted by molar-refractivity contribution is 7.13. The molecule has 32 heavy (non-hydrogen) atoms. The normalized spacial score (nSPS) is 16.4. The van der Waals surface area contributed by atoms with E-state index in [1.165, 1.54) is 0 Å². The van der Waals surface area contributed by atoms with Crippen molar-refractivity contribution in [1.82, 2.24) is 34.4 Å². The Kier molecular flexibility index (Phi) is 5.54. The first-order chi connectivity index (χ1) is 15.6. The van der Waals surface area contributed by atoms with E-state index >= 15 is 0 Å². The van der Waals surface area contributed by atoms with E-state index in [2.05, 4.69) is 20.2 Å². The maximum Gasteiger partial charge on any atom is 0.293 e. The van der Waals surface area contributed by atoms with Gasteiger partial charge in [-0.25, -0.2) is 19.3 Å². The van der Waals surface area contributed by atoms with Crippen molar-refractivity contribution in [3.8, 4) is 16.4 Å². The second-order valence-electron chi connectivity index (χ2n) is 7.62. The van der Waals surface area contributed by atoms with Crippen LogP contribution < -0.4 is 0 Å². The molecule has 0 N–H and O–H groups in total. The number of carbonyl (C=O) groups excluding carboxylic acids is 1. The molecule has 0 bridgehead atoms. The van der Waals surface area contributed by atoms with Gasteiger partial charge in [0.05, 0.1) is 29.8 Å². The van der Waals surface area contributed by atoms with Gasteiger partial charge in [-0.2, -0.15) is 5.10 Å². The lowest BCUT2D eigenvalue weighted by molar-refractivity contribution is -0.0306. The molecule has 0 radical (unpaired) electrons. The lowest BCUT2D eigenvalue weighted by Gasteiger charge is -2.32. The van der Waals surface area contributed by atoms with Crippen LogP contribution in [0.5, 0.6) is 0 Å². The molecular weight excluding hydrogens is 426 g/mol. The van der Waals surface area contributed by atoms with Gasteiger partial charge in [-0.1, -0.05) is 24.3 Å². The molecule has 3 aromatic heterocycles. The molecule has 0 unspecified atom stereocenters. The number of nitrogens with zero attached hydrogens (tertiary/aromatic N) is 7. The molecule has 1 amide bonds. The van der Waals surface area contributed by atoms with Gasteiger partial charge in [0.25, 0.3) is 5.91 Å². The zero-order valence-electron chi connectivity index (χ0n) is 17.9. The number of morpholine rings is 1. The number of rotatable bonds is 5. The molecule has 1 aromatic carbocycles. The highest BCUT2D eigenvalue weighted by Gasteiger charge is 2.29. The first kappa shape index (κ1) is 20.5. The fraction of sp³-hybridized carbons (Fsp3) is 0.318. The van der Waals surface area contributed by atoms with Crippen LogP contribution in [-0.2, 0) is 11.3 Å².